The molecule has 0 saturated carbocycles. The Morgan fingerprint density at radius 3 is 2.52 bits per heavy atom. The fourth-order valence-electron chi connectivity index (χ4n) is 3.44. The molecule has 0 spiro atoms. The number of sulfonamides is 1. The van der Waals surface area contributed by atoms with Crippen molar-refractivity contribution in [2.75, 3.05) is 18.8 Å². The number of thioether (sulfide) groups is 1. The van der Waals surface area contributed by atoms with E-state index in [4.69, 9.17) is 0 Å². The summed E-state index contributed by atoms with van der Waals surface area (Å²) < 4.78 is 26.7. The highest BCUT2D eigenvalue weighted by atomic mass is 32.2. The van der Waals surface area contributed by atoms with Gasteiger partial charge in [-0.2, -0.15) is 4.31 Å². The van der Waals surface area contributed by atoms with Crippen LogP contribution in [0, 0.1) is 0 Å². The van der Waals surface area contributed by atoms with Gasteiger partial charge in [0.1, 0.15) is 4.90 Å². The first kappa shape index (κ1) is 22.0. The first-order valence-corrected chi connectivity index (χ1v) is 13.3. The van der Waals surface area contributed by atoms with E-state index in [0.29, 0.717) is 18.1 Å². The van der Waals surface area contributed by atoms with Gasteiger partial charge in [-0.25, -0.2) is 13.4 Å². The van der Waals surface area contributed by atoms with Crippen molar-refractivity contribution in [1.82, 2.24) is 14.6 Å². The lowest BCUT2D eigenvalue weighted by Gasteiger charge is -2.18. The Balaban J connectivity index is 1.38. The highest BCUT2D eigenvalue weighted by Gasteiger charge is 2.27. The van der Waals surface area contributed by atoms with Crippen molar-refractivity contribution in [3.05, 3.63) is 76.6 Å². The van der Waals surface area contributed by atoms with Crippen LogP contribution >= 0.6 is 23.1 Å². The molecule has 3 aromatic rings. The zero-order chi connectivity index (χ0) is 21.7. The van der Waals surface area contributed by atoms with Gasteiger partial charge < -0.3 is 5.32 Å². The number of pyridine rings is 1. The minimum atomic E-state index is -3.47. The topological polar surface area (TPSA) is 79.4 Å². The zero-order valence-corrected chi connectivity index (χ0v) is 19.3. The molecule has 0 radical (unpaired) electrons. The molecule has 2 aromatic heterocycles. The standard InChI is InChI=1S/C22H23N3O3S3/c26-20(24-22(19-9-6-14-29-19)17-7-2-1-3-8-17)16-30-21-11-10-18(15-23-21)31(27,28)25-12-4-5-13-25/h1-3,6-11,14-15,22H,4-5,12-13,16H2,(H,24,26)/t22-/m0/s1. The third-order valence-electron chi connectivity index (χ3n) is 5.03. The highest BCUT2D eigenvalue weighted by Crippen LogP contribution is 2.27. The summed E-state index contributed by atoms with van der Waals surface area (Å²) >= 11 is 2.89. The molecule has 0 bridgehead atoms. The normalized spacial score (nSPS) is 15.6. The van der Waals surface area contributed by atoms with Crippen molar-refractivity contribution in [2.45, 2.75) is 28.8 Å². The van der Waals surface area contributed by atoms with E-state index in [9.17, 15) is 13.2 Å². The maximum atomic E-state index is 12.6. The molecule has 9 heteroatoms. The number of carbonyl (C=O) groups is 1. The molecule has 6 nitrogen and oxygen atoms in total. The Morgan fingerprint density at radius 2 is 1.87 bits per heavy atom. The number of carbonyl (C=O) groups excluding carboxylic acids is 1. The van der Waals surface area contributed by atoms with E-state index in [2.05, 4.69) is 10.3 Å². The summed E-state index contributed by atoms with van der Waals surface area (Å²) in [5.74, 6) is 0.0859. The van der Waals surface area contributed by atoms with Gasteiger partial charge in [0.15, 0.2) is 0 Å². The summed E-state index contributed by atoms with van der Waals surface area (Å²) in [7, 11) is -3.47. The number of aromatic nitrogens is 1. The average molecular weight is 474 g/mol. The van der Waals surface area contributed by atoms with Crippen LogP contribution in [-0.4, -0.2) is 42.5 Å². The van der Waals surface area contributed by atoms with Crippen molar-refractivity contribution < 1.29 is 13.2 Å². The maximum Gasteiger partial charge on any atom is 0.244 e. The van der Waals surface area contributed by atoms with Gasteiger partial charge in [-0.1, -0.05) is 48.2 Å². The Morgan fingerprint density at radius 1 is 1.10 bits per heavy atom. The monoisotopic (exact) mass is 473 g/mol. The molecule has 162 valence electrons. The van der Waals surface area contributed by atoms with Crippen LogP contribution in [0.2, 0.25) is 0 Å². The Bertz CT molecular complexity index is 1100. The molecule has 0 aliphatic carbocycles. The second kappa shape index (κ2) is 9.95. The zero-order valence-electron chi connectivity index (χ0n) is 16.8. The summed E-state index contributed by atoms with van der Waals surface area (Å²) in [6.07, 6.45) is 3.17. The SMILES string of the molecule is O=C(CSc1ccc(S(=O)(=O)N2CCCC2)cn1)N[C@@H](c1ccccc1)c1cccs1. The molecule has 1 N–H and O–H groups in total. The number of nitrogens with one attached hydrogen (secondary N) is 1. The molecule has 1 saturated heterocycles. The van der Waals surface area contributed by atoms with Crippen LogP contribution in [0.25, 0.3) is 0 Å². The second-order valence-corrected chi connectivity index (χ2v) is 11.1. The van der Waals surface area contributed by atoms with Crippen molar-refractivity contribution in [1.29, 1.82) is 0 Å². The first-order valence-electron chi connectivity index (χ1n) is 10.0. The summed E-state index contributed by atoms with van der Waals surface area (Å²) in [4.78, 5) is 18.2. The maximum absolute atomic E-state index is 12.6. The fraction of sp³-hybridized carbons (Fsp3) is 0.273. The Kier molecular flexibility index (Phi) is 7.06. The number of nitrogens with zero attached hydrogens (tertiary/aromatic N) is 2. The van der Waals surface area contributed by atoms with Gasteiger partial charge in [0.25, 0.3) is 0 Å². The second-order valence-electron chi connectivity index (χ2n) is 7.16. The number of amides is 1. The van der Waals surface area contributed by atoms with Crippen LogP contribution in [0.3, 0.4) is 0 Å². The van der Waals surface area contributed by atoms with Crippen molar-refractivity contribution in [2.24, 2.45) is 0 Å². The lowest BCUT2D eigenvalue weighted by molar-refractivity contribution is -0.119. The number of rotatable bonds is 8. The Hall–Kier alpha value is -2.20. The predicted octanol–water partition coefficient (Wildman–Crippen LogP) is 3.93. The van der Waals surface area contributed by atoms with Gasteiger partial charge in [-0.05, 0) is 42.0 Å². The molecule has 1 aliphatic rings. The lowest BCUT2D eigenvalue weighted by Crippen LogP contribution is -2.30. The summed E-state index contributed by atoms with van der Waals surface area (Å²) in [6, 6.07) is 16.9. The molecule has 1 atom stereocenters. The van der Waals surface area contributed by atoms with Gasteiger partial charge in [0.2, 0.25) is 15.9 Å². The molecule has 1 aromatic carbocycles. The summed E-state index contributed by atoms with van der Waals surface area (Å²) in [6.45, 7) is 1.12. The van der Waals surface area contributed by atoms with Crippen LogP contribution < -0.4 is 5.32 Å². The quantitative estimate of drug-likeness (QED) is 0.502. The minimum Gasteiger partial charge on any atom is -0.344 e. The number of benzene rings is 1. The van der Waals surface area contributed by atoms with Crippen molar-refractivity contribution in [3.63, 3.8) is 0 Å². The van der Waals surface area contributed by atoms with E-state index >= 15 is 0 Å². The Labute approximate surface area is 190 Å². The fourth-order valence-corrected chi connectivity index (χ4v) is 6.36. The molecule has 4 rings (SSSR count). The van der Waals surface area contributed by atoms with Gasteiger partial charge in [0.05, 0.1) is 16.8 Å². The highest BCUT2D eigenvalue weighted by molar-refractivity contribution is 7.99. The molecule has 3 heterocycles. The molecule has 31 heavy (non-hydrogen) atoms. The molecular weight excluding hydrogens is 450 g/mol. The first-order chi connectivity index (χ1) is 15.0. The van der Waals surface area contributed by atoms with Gasteiger partial charge in [-0.15, -0.1) is 11.3 Å². The molecule has 0 unspecified atom stereocenters. The van der Waals surface area contributed by atoms with Gasteiger partial charge in [-0.3, -0.25) is 4.79 Å². The minimum absolute atomic E-state index is 0.109. The smallest absolute Gasteiger partial charge is 0.244 e. The van der Waals surface area contributed by atoms with Gasteiger partial charge in [0, 0.05) is 24.2 Å². The number of hydrogen-bond acceptors (Lipinski definition) is 6. The van der Waals surface area contributed by atoms with Crippen LogP contribution in [0.5, 0.6) is 0 Å². The summed E-state index contributed by atoms with van der Waals surface area (Å²) in [5, 5.41) is 5.71. The summed E-state index contributed by atoms with van der Waals surface area (Å²) in [5.41, 5.74) is 1.03. The van der Waals surface area contributed by atoms with E-state index in [1.54, 1.807) is 23.5 Å². The predicted molar refractivity (Wildman–Crippen MR) is 124 cm³/mol. The largest absolute Gasteiger partial charge is 0.344 e. The van der Waals surface area contributed by atoms with Gasteiger partial charge >= 0.3 is 0 Å². The third-order valence-corrected chi connectivity index (χ3v) is 8.79. The molecule has 1 amide bonds. The number of hydrogen-bond donors (Lipinski definition) is 1. The van der Waals surface area contributed by atoms with Crippen LogP contribution in [0.4, 0.5) is 0 Å². The van der Waals surface area contributed by atoms with E-state index in [0.717, 1.165) is 23.3 Å². The molecule has 1 fully saturated rings. The van der Waals surface area contributed by atoms with Crippen LogP contribution in [-0.2, 0) is 14.8 Å². The third kappa shape index (κ3) is 5.35. The number of thiophene rings is 1. The van der Waals surface area contributed by atoms with Crippen molar-refractivity contribution in [3.8, 4) is 0 Å². The molecule has 1 aliphatic heterocycles. The van der Waals surface area contributed by atoms with Crippen LogP contribution in [0.1, 0.15) is 29.3 Å². The van der Waals surface area contributed by atoms with E-state index in [1.165, 1.54) is 22.3 Å². The van der Waals surface area contributed by atoms with E-state index < -0.39 is 10.0 Å². The average Bonchev–Trinajstić information content (AvgIpc) is 3.52. The van der Waals surface area contributed by atoms with Crippen molar-refractivity contribution >= 4 is 39.0 Å². The van der Waals surface area contributed by atoms with Crippen LogP contribution in [0.15, 0.2) is 76.1 Å². The van der Waals surface area contributed by atoms with E-state index in [1.807, 2.05) is 47.8 Å². The van der Waals surface area contributed by atoms with E-state index in [-0.39, 0.29) is 22.6 Å². The lowest BCUT2D eigenvalue weighted by atomic mass is 10.1. The molecular formula is C22H23N3O3S3.